The molecule has 0 atom stereocenters. The molecule has 0 fully saturated rings. The van der Waals surface area contributed by atoms with Gasteiger partial charge in [0.15, 0.2) is 6.29 Å². The maximum Gasteiger partial charge on any atom is 0.346 e. The summed E-state index contributed by atoms with van der Waals surface area (Å²) in [5.74, 6) is -22.1. The van der Waals surface area contributed by atoms with Crippen LogP contribution in [0, 0.1) is 0 Å². The molecule has 39 nitrogen and oxygen atoms in total. The van der Waals surface area contributed by atoms with E-state index in [4.69, 9.17) is 68.5 Å². The van der Waals surface area contributed by atoms with E-state index >= 15 is 0 Å². The predicted molar refractivity (Wildman–Crippen MR) is 346 cm³/mol. The van der Waals surface area contributed by atoms with E-state index in [0.717, 1.165) is 91.0 Å². The first-order valence-electron chi connectivity index (χ1n) is 30.6. The first kappa shape index (κ1) is 80.2. The average molecular weight is 1520 g/mol. The summed E-state index contributed by atoms with van der Waals surface area (Å²) in [6, 6.07) is 22.5. The van der Waals surface area contributed by atoms with E-state index in [1.165, 1.54) is 36.4 Å². The Balaban J connectivity index is 0.000000215. The Morgan fingerprint density at radius 2 is 0.445 bits per heavy atom. The number of rotatable bonds is 27. The molecule has 0 aliphatic carbocycles. The van der Waals surface area contributed by atoms with E-state index in [1.54, 1.807) is 0 Å². The van der Waals surface area contributed by atoms with E-state index < -0.39 is 211 Å². The van der Waals surface area contributed by atoms with Gasteiger partial charge in [-0.05, 0) is 121 Å². The van der Waals surface area contributed by atoms with Crippen molar-refractivity contribution in [2.45, 2.75) is 6.29 Å². The van der Waals surface area contributed by atoms with Crippen molar-refractivity contribution in [3.8, 4) is 0 Å². The summed E-state index contributed by atoms with van der Waals surface area (Å²) in [5.41, 5.74) is -5.34. The van der Waals surface area contributed by atoms with Crippen LogP contribution in [-0.2, 0) is 52.1 Å². The highest BCUT2D eigenvalue weighted by Gasteiger charge is 2.34. The molecule has 8 N–H and O–H groups in total. The number of aliphatic hydroxyl groups is 2. The van der Waals surface area contributed by atoms with Gasteiger partial charge in [-0.2, -0.15) is 0 Å². The second kappa shape index (κ2) is 35.3. The fraction of sp³-hybridized carbons (Fsp3) is 0.127. The van der Waals surface area contributed by atoms with Crippen LogP contribution in [0.25, 0.3) is 0 Å². The van der Waals surface area contributed by atoms with Crippen LogP contribution in [0.15, 0.2) is 127 Å². The topological polar surface area (TPSA) is 605 Å². The standard InChI is InChI=1S/C31H18O16.C20H14O12.C20H14O11/c32-23(33)20-11-14(24(34)42-7-8-43-25(35)15-2-5-18-21(12-15)30(40)46-28(18)38)1-4-17(20)27(37)45-10-9-44-26(36)16-3-6-19-22(13-16)31(41)47-29(19)39;21-15(22)9-1-3-11(13(7-9)17(25)26)19(29)31-5-6-32-20(30)12-4-2-10(16(23)24)8-14(12)18(27)28;21-15(22)9-1-3-11(13(7-9)16(23)24)18(26)30-6-5-29-17(25)10-2-4-12-14(8-10)20(28)31-19(12)27/h1-6,11-13H,7-10H2,(H,32,33);1-4,7-8H,5-6H2,(H,21,22)(H,23,24)(H,25,26)(H,27,28);1-4,7-8,15,21-22H,5-6H2,(H,23,24). The molecule has 10 rings (SSSR count). The summed E-state index contributed by atoms with van der Waals surface area (Å²) < 4.78 is 52.7. The zero-order valence-electron chi connectivity index (χ0n) is 55.1. The summed E-state index contributed by atoms with van der Waals surface area (Å²) in [6.45, 7) is -3.61. The van der Waals surface area contributed by atoms with Gasteiger partial charge in [-0.3, -0.25) is 0 Å². The molecule has 7 aromatic carbocycles. The molecular formula is C71H46O39. The Labute approximate surface area is 609 Å². The van der Waals surface area contributed by atoms with Crippen LogP contribution in [-0.4, -0.2) is 213 Å². The number of carboxylic acids is 6. The minimum absolute atomic E-state index is 0.00117. The Morgan fingerprint density at radius 1 is 0.236 bits per heavy atom. The van der Waals surface area contributed by atoms with E-state index in [1.807, 2.05) is 0 Å². The predicted octanol–water partition coefficient (Wildman–Crippen LogP) is 4.22. The fourth-order valence-corrected chi connectivity index (χ4v) is 9.52. The van der Waals surface area contributed by atoms with Crippen LogP contribution in [0.1, 0.15) is 219 Å². The number of hydrogen-bond donors (Lipinski definition) is 8. The van der Waals surface area contributed by atoms with E-state index in [-0.39, 0.29) is 84.5 Å². The van der Waals surface area contributed by atoms with Gasteiger partial charge in [0.25, 0.3) is 0 Å². The molecule has 0 radical (unpaired) electrons. The van der Waals surface area contributed by atoms with E-state index in [9.17, 15) is 106 Å². The molecule has 0 amide bonds. The lowest BCUT2D eigenvalue weighted by Gasteiger charge is -2.10. The molecule has 39 heteroatoms. The highest BCUT2D eigenvalue weighted by molar-refractivity contribution is 6.18. The molecule has 3 aliphatic heterocycles. The van der Waals surface area contributed by atoms with Gasteiger partial charge in [0.1, 0.15) is 52.9 Å². The van der Waals surface area contributed by atoms with Crippen molar-refractivity contribution in [3.05, 3.63) is 244 Å². The van der Waals surface area contributed by atoms with Gasteiger partial charge >= 0.3 is 119 Å². The van der Waals surface area contributed by atoms with Gasteiger partial charge < -0.3 is 93.0 Å². The number of cyclic esters (lactones) is 6. The SMILES string of the molecule is O=C(O)c1ccc(C(=O)OCCOC(=O)c2ccc(C(=O)O)cc2C(=O)O)c(C(=O)O)c1.O=C(OCCOC(=O)c1ccc(C(O)O)cc1C(=O)O)c1ccc2c(c1)C(=O)OC2=O.O=C(OCCOC(=O)c1ccc2c(c1)C(=O)OC2=O)c1ccc(C(=O)OCCOC(=O)c2ccc3c(c2)C(=O)OC3=O)c(C(=O)O)c1. The Morgan fingerprint density at radius 3 is 0.700 bits per heavy atom. The molecule has 3 heterocycles. The van der Waals surface area contributed by atoms with Crippen molar-refractivity contribution in [3.63, 3.8) is 0 Å². The van der Waals surface area contributed by atoms with Gasteiger partial charge in [-0.15, -0.1) is 0 Å². The third-order valence-corrected chi connectivity index (χ3v) is 14.8. The smallest absolute Gasteiger partial charge is 0.346 e. The highest BCUT2D eigenvalue weighted by atomic mass is 16.6. The molecule has 0 saturated carbocycles. The number of aliphatic hydroxyl groups excluding tert-OH is 1. The van der Waals surface area contributed by atoms with Crippen molar-refractivity contribution >= 4 is 119 Å². The van der Waals surface area contributed by atoms with Crippen molar-refractivity contribution in [1.82, 2.24) is 0 Å². The van der Waals surface area contributed by atoms with Crippen molar-refractivity contribution < 1.29 is 189 Å². The second-order valence-electron chi connectivity index (χ2n) is 21.7. The quantitative estimate of drug-likeness (QED) is 0.0117. The normalized spacial score (nSPS) is 11.9. The lowest BCUT2D eigenvalue weighted by molar-refractivity contribution is -0.0426. The van der Waals surface area contributed by atoms with Crippen LogP contribution < -0.4 is 0 Å². The molecule has 0 saturated heterocycles. The summed E-state index contributed by atoms with van der Waals surface area (Å²) in [6.07, 6.45) is -1.92. The number of benzene rings is 7. The number of aromatic carboxylic acids is 6. The fourth-order valence-electron chi connectivity index (χ4n) is 9.52. The maximum atomic E-state index is 12.5. The molecule has 3 aliphatic rings. The summed E-state index contributed by atoms with van der Waals surface area (Å²) >= 11 is 0. The third-order valence-electron chi connectivity index (χ3n) is 14.8. The van der Waals surface area contributed by atoms with Crippen LogP contribution >= 0.6 is 0 Å². The first-order valence-corrected chi connectivity index (χ1v) is 30.6. The van der Waals surface area contributed by atoms with Crippen LogP contribution in [0.5, 0.6) is 0 Å². The summed E-state index contributed by atoms with van der Waals surface area (Å²) in [4.78, 5) is 235. The molecule has 0 aromatic heterocycles. The minimum atomic E-state index is -1.92. The van der Waals surface area contributed by atoms with Gasteiger partial charge in [-0.25, -0.2) is 95.9 Å². The van der Waals surface area contributed by atoms with Crippen LogP contribution in [0.4, 0.5) is 0 Å². The largest absolute Gasteiger partial charge is 0.478 e. The molecule has 110 heavy (non-hydrogen) atoms. The lowest BCUT2D eigenvalue weighted by Crippen LogP contribution is -2.18. The number of carboxylic acid groups (broad SMARTS) is 6. The number of carbonyl (C=O) groups excluding carboxylic acids is 14. The number of carbonyl (C=O) groups is 20. The van der Waals surface area contributed by atoms with E-state index in [0.29, 0.717) is 0 Å². The lowest BCUT2D eigenvalue weighted by atomic mass is 10.0. The number of fused-ring (bicyclic) bond motifs is 3. The second-order valence-corrected chi connectivity index (χ2v) is 21.7. The molecule has 0 spiro atoms. The zero-order valence-corrected chi connectivity index (χ0v) is 55.1. The zero-order chi connectivity index (χ0) is 80.5. The molecular weight excluding hydrogens is 1480 g/mol. The monoisotopic (exact) mass is 1520 g/mol. The van der Waals surface area contributed by atoms with Gasteiger partial charge in [0, 0.05) is 5.56 Å². The van der Waals surface area contributed by atoms with Gasteiger partial charge in [0.2, 0.25) is 0 Å². The molecule has 0 unspecified atom stereocenters. The van der Waals surface area contributed by atoms with Crippen molar-refractivity contribution in [2.24, 2.45) is 0 Å². The van der Waals surface area contributed by atoms with Crippen molar-refractivity contribution in [1.29, 1.82) is 0 Å². The Kier molecular flexibility index (Phi) is 25.7. The molecule has 7 aromatic rings. The third kappa shape index (κ3) is 19.4. The molecule has 564 valence electrons. The van der Waals surface area contributed by atoms with Gasteiger partial charge in [0.05, 0.1) is 111 Å². The van der Waals surface area contributed by atoms with Gasteiger partial charge in [-0.1, -0.05) is 6.07 Å². The Bertz CT molecular complexity index is 5040. The summed E-state index contributed by atoms with van der Waals surface area (Å²) in [5, 5.41) is 73.2. The maximum absolute atomic E-state index is 12.5. The number of ether oxygens (including phenoxy) is 11. The Hall–Kier alpha value is -15.5. The number of hydrogen-bond acceptors (Lipinski definition) is 33. The van der Waals surface area contributed by atoms with E-state index in [2.05, 4.69) is 14.2 Å². The highest BCUT2D eigenvalue weighted by Crippen LogP contribution is 2.26. The number of esters is 14. The minimum Gasteiger partial charge on any atom is -0.478 e. The summed E-state index contributed by atoms with van der Waals surface area (Å²) in [7, 11) is 0. The first-order chi connectivity index (χ1) is 52.1. The average Bonchev–Trinajstić information content (AvgIpc) is 1.62. The van der Waals surface area contributed by atoms with Crippen molar-refractivity contribution in [2.75, 3.05) is 52.9 Å². The molecule has 0 bridgehead atoms. The van der Waals surface area contributed by atoms with Crippen LogP contribution in [0.3, 0.4) is 0 Å². The van der Waals surface area contributed by atoms with Crippen LogP contribution in [0.2, 0.25) is 0 Å².